The molecule has 0 radical (unpaired) electrons. The number of carbonyl (C=O) groups excluding carboxylic acids is 1. The van der Waals surface area contributed by atoms with Gasteiger partial charge in [-0.25, -0.2) is 4.98 Å². The van der Waals surface area contributed by atoms with Crippen molar-refractivity contribution in [2.24, 2.45) is 0 Å². The Labute approximate surface area is 157 Å². The van der Waals surface area contributed by atoms with E-state index < -0.39 is 0 Å². The summed E-state index contributed by atoms with van der Waals surface area (Å²) < 4.78 is 0. The first kappa shape index (κ1) is 16.9. The van der Waals surface area contributed by atoms with Gasteiger partial charge in [-0.15, -0.1) is 0 Å². The molecule has 4 aromatic rings. The van der Waals surface area contributed by atoms with Crippen LogP contribution in [0.3, 0.4) is 0 Å². The largest absolute Gasteiger partial charge is 0.348 e. The second-order valence-electron chi connectivity index (χ2n) is 6.49. The maximum Gasteiger partial charge on any atom is 0.252 e. The number of para-hydroxylation sites is 1. The molecule has 0 saturated heterocycles. The molecule has 0 spiro atoms. The Kier molecular flexibility index (Phi) is 4.62. The average molecular weight is 353 g/mol. The van der Waals surface area contributed by atoms with Crippen molar-refractivity contribution < 1.29 is 4.79 Å². The topological polar surface area (TPSA) is 54.9 Å². The summed E-state index contributed by atoms with van der Waals surface area (Å²) in [5.41, 5.74) is 5.29. The molecule has 0 aliphatic carbocycles. The molecule has 4 heteroatoms. The minimum atomic E-state index is -0.111. The number of carbonyl (C=O) groups is 1. The maximum absolute atomic E-state index is 12.9. The van der Waals surface area contributed by atoms with E-state index in [9.17, 15) is 4.79 Å². The molecule has 27 heavy (non-hydrogen) atoms. The Morgan fingerprint density at radius 3 is 2.70 bits per heavy atom. The van der Waals surface area contributed by atoms with Gasteiger partial charge in [0.15, 0.2) is 0 Å². The van der Waals surface area contributed by atoms with Crippen molar-refractivity contribution in [2.45, 2.75) is 13.5 Å². The summed E-state index contributed by atoms with van der Waals surface area (Å²) in [5.74, 6) is -0.111. The molecule has 4 nitrogen and oxygen atoms in total. The Bertz CT molecular complexity index is 1110. The summed E-state index contributed by atoms with van der Waals surface area (Å²) in [6.45, 7) is 2.53. The summed E-state index contributed by atoms with van der Waals surface area (Å²) in [7, 11) is 0. The Morgan fingerprint density at radius 1 is 1.00 bits per heavy atom. The molecule has 1 amide bonds. The van der Waals surface area contributed by atoms with Crippen LogP contribution in [0.15, 0.2) is 79.1 Å². The van der Waals surface area contributed by atoms with E-state index >= 15 is 0 Å². The molecule has 0 unspecified atom stereocenters. The zero-order chi connectivity index (χ0) is 18.6. The van der Waals surface area contributed by atoms with Crippen molar-refractivity contribution in [3.63, 3.8) is 0 Å². The molecule has 4 rings (SSSR count). The lowest BCUT2D eigenvalue weighted by Gasteiger charge is -2.11. The summed E-state index contributed by atoms with van der Waals surface area (Å²) in [5, 5.41) is 3.87. The Morgan fingerprint density at radius 2 is 1.89 bits per heavy atom. The molecule has 132 valence electrons. The van der Waals surface area contributed by atoms with Crippen molar-refractivity contribution in [1.29, 1.82) is 0 Å². The predicted octanol–water partition coefficient (Wildman–Crippen LogP) is 4.54. The van der Waals surface area contributed by atoms with Gasteiger partial charge in [0, 0.05) is 29.9 Å². The minimum absolute atomic E-state index is 0.111. The van der Waals surface area contributed by atoms with Crippen LogP contribution in [-0.2, 0) is 6.54 Å². The normalized spacial score (nSPS) is 10.7. The average Bonchev–Trinajstić information content (AvgIpc) is 2.72. The van der Waals surface area contributed by atoms with Gasteiger partial charge in [0.1, 0.15) is 0 Å². The zero-order valence-electron chi connectivity index (χ0n) is 15.0. The summed E-state index contributed by atoms with van der Waals surface area (Å²) >= 11 is 0. The molecular weight excluding hydrogens is 334 g/mol. The van der Waals surface area contributed by atoms with Crippen molar-refractivity contribution in [1.82, 2.24) is 15.3 Å². The fourth-order valence-electron chi connectivity index (χ4n) is 3.13. The first-order valence-electron chi connectivity index (χ1n) is 8.84. The van der Waals surface area contributed by atoms with Gasteiger partial charge < -0.3 is 5.32 Å². The summed E-state index contributed by atoms with van der Waals surface area (Å²) in [6, 6.07) is 21.5. The highest BCUT2D eigenvalue weighted by Crippen LogP contribution is 2.24. The highest BCUT2D eigenvalue weighted by atomic mass is 16.1. The lowest BCUT2D eigenvalue weighted by Crippen LogP contribution is -2.23. The number of aromatic nitrogens is 2. The lowest BCUT2D eigenvalue weighted by molar-refractivity contribution is 0.0952. The van der Waals surface area contributed by atoms with Crippen LogP contribution < -0.4 is 5.32 Å². The fourth-order valence-corrected chi connectivity index (χ4v) is 3.13. The molecule has 2 heterocycles. The van der Waals surface area contributed by atoms with Crippen molar-refractivity contribution in [3.8, 4) is 11.3 Å². The molecule has 0 aliphatic rings. The molecule has 0 bridgehead atoms. The van der Waals surface area contributed by atoms with E-state index in [0.29, 0.717) is 12.1 Å². The van der Waals surface area contributed by atoms with Crippen LogP contribution in [0.4, 0.5) is 0 Å². The van der Waals surface area contributed by atoms with Crippen molar-refractivity contribution in [2.75, 3.05) is 0 Å². The van der Waals surface area contributed by atoms with Crippen LogP contribution in [0, 0.1) is 6.92 Å². The number of benzene rings is 2. The molecule has 0 aliphatic heterocycles. The number of amides is 1. The third-order valence-electron chi connectivity index (χ3n) is 4.45. The van der Waals surface area contributed by atoms with Crippen LogP contribution in [0.5, 0.6) is 0 Å². The van der Waals surface area contributed by atoms with Crippen LogP contribution in [0.1, 0.15) is 21.5 Å². The smallest absolute Gasteiger partial charge is 0.252 e. The number of nitrogens with one attached hydrogen (secondary N) is 1. The van der Waals surface area contributed by atoms with Gasteiger partial charge in [0.2, 0.25) is 0 Å². The van der Waals surface area contributed by atoms with E-state index in [1.807, 2.05) is 67.6 Å². The quantitative estimate of drug-likeness (QED) is 0.586. The second kappa shape index (κ2) is 7.38. The van der Waals surface area contributed by atoms with E-state index in [1.165, 1.54) is 5.56 Å². The van der Waals surface area contributed by atoms with Crippen LogP contribution >= 0.6 is 0 Å². The number of rotatable bonds is 4. The van der Waals surface area contributed by atoms with E-state index in [0.717, 1.165) is 27.7 Å². The monoisotopic (exact) mass is 353 g/mol. The second-order valence-corrected chi connectivity index (χ2v) is 6.49. The fraction of sp³-hybridized carbons (Fsp3) is 0.0870. The molecule has 0 saturated carbocycles. The van der Waals surface area contributed by atoms with Crippen molar-refractivity contribution >= 4 is 16.8 Å². The zero-order valence-corrected chi connectivity index (χ0v) is 15.0. The number of hydrogen-bond acceptors (Lipinski definition) is 3. The number of fused-ring (bicyclic) bond motifs is 1. The predicted molar refractivity (Wildman–Crippen MR) is 107 cm³/mol. The third kappa shape index (κ3) is 3.70. The van der Waals surface area contributed by atoms with Gasteiger partial charge in [-0.2, -0.15) is 0 Å². The highest BCUT2D eigenvalue weighted by Gasteiger charge is 2.14. The first-order valence-corrected chi connectivity index (χ1v) is 8.84. The SMILES string of the molecule is Cc1cccc(CNC(=O)c2cc(-c3cccnc3)nc3ccccc23)c1. The summed E-state index contributed by atoms with van der Waals surface area (Å²) in [4.78, 5) is 21.8. The lowest BCUT2D eigenvalue weighted by atomic mass is 10.0. The number of pyridine rings is 2. The third-order valence-corrected chi connectivity index (χ3v) is 4.45. The molecular formula is C23H19N3O. The molecule has 0 fully saturated rings. The standard InChI is InChI=1S/C23H19N3O/c1-16-6-4-7-17(12-16)14-25-23(27)20-13-22(18-8-5-11-24-15-18)26-21-10-3-2-9-19(20)21/h2-13,15H,14H2,1H3,(H,25,27). The Hall–Kier alpha value is -3.53. The van der Waals surface area contributed by atoms with Crippen LogP contribution in [0.2, 0.25) is 0 Å². The van der Waals surface area contributed by atoms with Gasteiger partial charge in [-0.05, 0) is 36.8 Å². The van der Waals surface area contributed by atoms with E-state index in [1.54, 1.807) is 12.4 Å². The van der Waals surface area contributed by atoms with Gasteiger partial charge in [0.05, 0.1) is 16.8 Å². The van der Waals surface area contributed by atoms with Gasteiger partial charge in [0.25, 0.3) is 5.91 Å². The Balaban J connectivity index is 1.70. The maximum atomic E-state index is 12.9. The number of hydrogen-bond donors (Lipinski definition) is 1. The highest BCUT2D eigenvalue weighted by molar-refractivity contribution is 6.07. The number of aryl methyl sites for hydroxylation is 1. The molecule has 0 atom stereocenters. The van der Waals surface area contributed by atoms with E-state index in [2.05, 4.69) is 16.4 Å². The van der Waals surface area contributed by atoms with Crippen molar-refractivity contribution in [3.05, 3.63) is 95.8 Å². The molecule has 2 aromatic carbocycles. The molecule has 2 aromatic heterocycles. The van der Waals surface area contributed by atoms with Gasteiger partial charge in [-0.3, -0.25) is 9.78 Å². The van der Waals surface area contributed by atoms with E-state index in [-0.39, 0.29) is 5.91 Å². The van der Waals surface area contributed by atoms with Gasteiger partial charge >= 0.3 is 0 Å². The van der Waals surface area contributed by atoms with E-state index in [4.69, 9.17) is 4.98 Å². The van der Waals surface area contributed by atoms with Crippen LogP contribution in [0.25, 0.3) is 22.2 Å². The molecule has 1 N–H and O–H groups in total. The minimum Gasteiger partial charge on any atom is -0.348 e. The summed E-state index contributed by atoms with van der Waals surface area (Å²) in [6.07, 6.45) is 3.48. The van der Waals surface area contributed by atoms with Gasteiger partial charge in [-0.1, -0.05) is 48.0 Å². The first-order chi connectivity index (χ1) is 13.2. The van der Waals surface area contributed by atoms with Crippen LogP contribution in [-0.4, -0.2) is 15.9 Å². The number of nitrogens with zero attached hydrogens (tertiary/aromatic N) is 2.